The maximum atomic E-state index is 12.3. The molecule has 1 aliphatic carbocycles. The van der Waals surface area contributed by atoms with Crippen LogP contribution in [-0.4, -0.2) is 39.9 Å². The molecule has 1 aliphatic rings. The van der Waals surface area contributed by atoms with Gasteiger partial charge in [-0.3, -0.25) is 5.32 Å². The Labute approximate surface area is 175 Å². The molecule has 0 radical (unpaired) electrons. The Balaban J connectivity index is 1.88. The second kappa shape index (κ2) is 8.06. The molecule has 1 fully saturated rings. The Kier molecular flexibility index (Phi) is 5.89. The fraction of sp³-hybridized carbons (Fsp3) is 0.476. The van der Waals surface area contributed by atoms with Crippen LogP contribution in [-0.2, 0) is 14.9 Å². The number of rotatable bonds is 6. The summed E-state index contributed by atoms with van der Waals surface area (Å²) in [7, 11) is 0. The first kappa shape index (κ1) is 21.2. The van der Waals surface area contributed by atoms with Gasteiger partial charge in [-0.05, 0) is 38.0 Å². The van der Waals surface area contributed by atoms with Gasteiger partial charge in [0.05, 0.1) is 28.4 Å². The molecule has 7 nitrogen and oxygen atoms in total. The van der Waals surface area contributed by atoms with Crippen molar-refractivity contribution in [1.82, 2.24) is 9.78 Å². The Bertz CT molecular complexity index is 913. The van der Waals surface area contributed by atoms with Crippen molar-refractivity contribution in [2.45, 2.75) is 50.8 Å². The van der Waals surface area contributed by atoms with E-state index in [1.54, 1.807) is 41.9 Å². The molecule has 1 aromatic heterocycles. The molecule has 0 unspecified atom stereocenters. The third-order valence-corrected chi connectivity index (χ3v) is 5.05. The van der Waals surface area contributed by atoms with E-state index in [0.717, 1.165) is 18.5 Å². The SMILES string of the molecule is CCOC(=O)c1cccc(-n2nc(C(C)(C)C)cc2NC(=O)OCC2(Cl)CC2)c1. The largest absolute Gasteiger partial charge is 0.462 e. The highest BCUT2D eigenvalue weighted by Gasteiger charge is 2.42. The Morgan fingerprint density at radius 1 is 1.24 bits per heavy atom. The smallest absolute Gasteiger partial charge is 0.412 e. The van der Waals surface area contributed by atoms with Gasteiger partial charge in [0.25, 0.3) is 0 Å². The summed E-state index contributed by atoms with van der Waals surface area (Å²) in [6.07, 6.45) is 1.09. The van der Waals surface area contributed by atoms with Crippen LogP contribution in [0, 0.1) is 0 Å². The quantitative estimate of drug-likeness (QED) is 0.543. The van der Waals surface area contributed by atoms with Gasteiger partial charge in [0.15, 0.2) is 0 Å². The lowest BCUT2D eigenvalue weighted by Gasteiger charge is -2.14. The van der Waals surface area contributed by atoms with Crippen molar-refractivity contribution in [2.24, 2.45) is 0 Å². The summed E-state index contributed by atoms with van der Waals surface area (Å²) in [6, 6.07) is 8.69. The number of anilines is 1. The number of halogens is 1. The molecule has 0 atom stereocenters. The topological polar surface area (TPSA) is 82.5 Å². The van der Waals surface area contributed by atoms with Crippen LogP contribution in [0.15, 0.2) is 30.3 Å². The van der Waals surface area contributed by atoms with E-state index < -0.39 is 16.9 Å². The molecule has 8 heteroatoms. The summed E-state index contributed by atoms with van der Waals surface area (Å²) in [5, 5.41) is 7.38. The number of nitrogens with zero attached hydrogens (tertiary/aromatic N) is 2. The standard InChI is InChI=1S/C21H26ClN3O4/c1-5-28-18(26)14-7-6-8-15(11-14)25-17(12-16(24-25)20(2,3)4)23-19(27)29-13-21(22)9-10-21/h6-8,11-12H,5,9-10,13H2,1-4H3,(H,23,27). The minimum Gasteiger partial charge on any atom is -0.462 e. The summed E-state index contributed by atoms with van der Waals surface area (Å²) >= 11 is 6.19. The first-order chi connectivity index (χ1) is 13.6. The van der Waals surface area contributed by atoms with E-state index >= 15 is 0 Å². The molecule has 3 rings (SSSR count). The second-order valence-electron chi connectivity index (χ2n) is 8.20. The minimum absolute atomic E-state index is 0.166. The van der Waals surface area contributed by atoms with Gasteiger partial charge in [-0.2, -0.15) is 5.10 Å². The molecule has 2 aromatic rings. The van der Waals surface area contributed by atoms with Crippen molar-refractivity contribution in [3.63, 3.8) is 0 Å². The Morgan fingerprint density at radius 2 is 1.97 bits per heavy atom. The number of amides is 1. The number of alkyl halides is 1. The molecule has 0 spiro atoms. The van der Waals surface area contributed by atoms with E-state index in [4.69, 9.17) is 21.1 Å². The van der Waals surface area contributed by atoms with Gasteiger partial charge in [-0.1, -0.05) is 26.8 Å². The number of carbonyl (C=O) groups excluding carboxylic acids is 2. The van der Waals surface area contributed by atoms with Gasteiger partial charge < -0.3 is 9.47 Å². The average Bonchev–Trinajstić information content (AvgIpc) is 3.24. The molecule has 1 heterocycles. The molecule has 156 valence electrons. The van der Waals surface area contributed by atoms with E-state index in [9.17, 15) is 9.59 Å². The lowest BCUT2D eigenvalue weighted by Crippen LogP contribution is -2.21. The summed E-state index contributed by atoms with van der Waals surface area (Å²) in [6.45, 7) is 8.30. The fourth-order valence-corrected chi connectivity index (χ4v) is 2.78. The molecule has 0 saturated heterocycles. The Morgan fingerprint density at radius 3 is 2.59 bits per heavy atom. The Hall–Kier alpha value is -2.54. The lowest BCUT2D eigenvalue weighted by molar-refractivity contribution is 0.0526. The lowest BCUT2D eigenvalue weighted by atomic mass is 9.92. The highest BCUT2D eigenvalue weighted by molar-refractivity contribution is 6.26. The zero-order valence-corrected chi connectivity index (χ0v) is 17.9. The summed E-state index contributed by atoms with van der Waals surface area (Å²) in [4.78, 5) is 24.0. The number of carbonyl (C=O) groups is 2. The van der Waals surface area contributed by atoms with Gasteiger partial charge in [0, 0.05) is 11.5 Å². The third kappa shape index (κ3) is 5.29. The van der Waals surface area contributed by atoms with E-state index in [1.165, 1.54) is 0 Å². The fourth-order valence-electron chi connectivity index (χ4n) is 2.63. The van der Waals surface area contributed by atoms with Crippen LogP contribution in [0.2, 0.25) is 0 Å². The molecule has 0 aliphatic heterocycles. The summed E-state index contributed by atoms with van der Waals surface area (Å²) in [5.74, 6) is 0.0312. The molecule has 1 saturated carbocycles. The highest BCUT2D eigenvalue weighted by Crippen LogP contribution is 2.42. The van der Waals surface area contributed by atoms with Crippen LogP contribution in [0.25, 0.3) is 5.69 Å². The first-order valence-corrected chi connectivity index (χ1v) is 10.00. The van der Waals surface area contributed by atoms with Crippen LogP contribution < -0.4 is 5.32 Å². The van der Waals surface area contributed by atoms with E-state index in [0.29, 0.717) is 23.7 Å². The number of hydrogen-bond acceptors (Lipinski definition) is 5. The number of ether oxygens (including phenoxy) is 2. The molecule has 1 N–H and O–H groups in total. The molecule has 29 heavy (non-hydrogen) atoms. The zero-order valence-electron chi connectivity index (χ0n) is 17.1. The zero-order chi connectivity index (χ0) is 21.2. The van der Waals surface area contributed by atoms with Crippen molar-refractivity contribution >= 4 is 29.5 Å². The number of hydrogen-bond donors (Lipinski definition) is 1. The van der Waals surface area contributed by atoms with Crippen LogP contribution in [0.3, 0.4) is 0 Å². The van der Waals surface area contributed by atoms with Crippen LogP contribution in [0.1, 0.15) is 56.6 Å². The minimum atomic E-state index is -0.597. The van der Waals surface area contributed by atoms with Crippen molar-refractivity contribution in [1.29, 1.82) is 0 Å². The average molecular weight is 420 g/mol. The van der Waals surface area contributed by atoms with E-state index in [1.807, 2.05) is 20.8 Å². The predicted octanol–water partition coefficient (Wildman–Crippen LogP) is 4.67. The molecule has 1 amide bonds. The number of aromatic nitrogens is 2. The predicted molar refractivity (Wildman–Crippen MR) is 111 cm³/mol. The molecule has 1 aromatic carbocycles. The maximum absolute atomic E-state index is 12.3. The van der Waals surface area contributed by atoms with Crippen molar-refractivity contribution in [2.75, 3.05) is 18.5 Å². The van der Waals surface area contributed by atoms with Gasteiger partial charge in [0.1, 0.15) is 12.4 Å². The van der Waals surface area contributed by atoms with E-state index in [2.05, 4.69) is 10.4 Å². The van der Waals surface area contributed by atoms with Crippen molar-refractivity contribution in [3.8, 4) is 5.69 Å². The molecular weight excluding hydrogens is 394 g/mol. The third-order valence-electron chi connectivity index (χ3n) is 4.56. The van der Waals surface area contributed by atoms with E-state index in [-0.39, 0.29) is 12.0 Å². The number of esters is 1. The van der Waals surface area contributed by atoms with Gasteiger partial charge in [-0.25, -0.2) is 14.3 Å². The number of benzene rings is 1. The van der Waals surface area contributed by atoms with Crippen LogP contribution in [0.4, 0.5) is 10.6 Å². The normalized spacial score (nSPS) is 14.9. The van der Waals surface area contributed by atoms with Gasteiger partial charge in [0.2, 0.25) is 0 Å². The van der Waals surface area contributed by atoms with Crippen LogP contribution in [0.5, 0.6) is 0 Å². The van der Waals surface area contributed by atoms with Gasteiger partial charge >= 0.3 is 12.1 Å². The monoisotopic (exact) mass is 419 g/mol. The van der Waals surface area contributed by atoms with Crippen molar-refractivity contribution < 1.29 is 19.1 Å². The maximum Gasteiger partial charge on any atom is 0.412 e. The number of nitrogens with one attached hydrogen (secondary N) is 1. The van der Waals surface area contributed by atoms with Gasteiger partial charge in [-0.15, -0.1) is 11.6 Å². The summed E-state index contributed by atoms with van der Waals surface area (Å²) in [5.41, 5.74) is 1.57. The molecule has 0 bridgehead atoms. The highest BCUT2D eigenvalue weighted by atomic mass is 35.5. The first-order valence-electron chi connectivity index (χ1n) is 9.62. The van der Waals surface area contributed by atoms with Crippen LogP contribution >= 0.6 is 11.6 Å². The molecular formula is C21H26ClN3O4. The summed E-state index contributed by atoms with van der Waals surface area (Å²) < 4.78 is 11.9. The van der Waals surface area contributed by atoms with Crippen molar-refractivity contribution in [3.05, 3.63) is 41.6 Å². The second-order valence-corrected chi connectivity index (χ2v) is 9.00.